The summed E-state index contributed by atoms with van der Waals surface area (Å²) >= 11 is 1.72. The van der Waals surface area contributed by atoms with Crippen LogP contribution in [0.3, 0.4) is 0 Å². The average Bonchev–Trinajstić information content (AvgIpc) is 3.12. The van der Waals surface area contributed by atoms with Gasteiger partial charge in [0.1, 0.15) is 0 Å². The molecule has 1 aromatic heterocycles. The van der Waals surface area contributed by atoms with Gasteiger partial charge < -0.3 is 9.64 Å². The molecular formula is C19H23NO2S. The third kappa shape index (κ3) is 4.66. The first-order valence-electron chi connectivity index (χ1n) is 8.26. The van der Waals surface area contributed by atoms with Gasteiger partial charge in [0.15, 0.2) is 0 Å². The van der Waals surface area contributed by atoms with Gasteiger partial charge in [-0.25, -0.2) is 0 Å². The van der Waals surface area contributed by atoms with Gasteiger partial charge >= 0.3 is 0 Å². The van der Waals surface area contributed by atoms with Crippen LogP contribution in [-0.4, -0.2) is 30.1 Å². The highest BCUT2D eigenvalue weighted by molar-refractivity contribution is 7.09. The molecule has 1 aliphatic rings. The van der Waals surface area contributed by atoms with E-state index in [4.69, 9.17) is 4.74 Å². The van der Waals surface area contributed by atoms with E-state index in [9.17, 15) is 4.79 Å². The Bertz CT molecular complexity index is 591. The van der Waals surface area contributed by atoms with Crippen molar-refractivity contribution in [1.29, 1.82) is 0 Å². The molecule has 0 N–H and O–H groups in total. The summed E-state index contributed by atoms with van der Waals surface area (Å²) in [5, 5.41) is 2.08. The minimum Gasteiger partial charge on any atom is -0.381 e. The highest BCUT2D eigenvalue weighted by Gasteiger charge is 2.25. The third-order valence-electron chi connectivity index (χ3n) is 4.33. The second kappa shape index (κ2) is 8.27. The molecule has 2 aromatic rings. The molecule has 3 nitrogen and oxygen atoms in total. The lowest BCUT2D eigenvalue weighted by Crippen LogP contribution is -2.42. The quantitative estimate of drug-likeness (QED) is 0.805. The van der Waals surface area contributed by atoms with Gasteiger partial charge in [0.05, 0.1) is 6.54 Å². The first-order chi connectivity index (χ1) is 11.3. The molecule has 2 heterocycles. The third-order valence-corrected chi connectivity index (χ3v) is 5.19. The zero-order valence-electron chi connectivity index (χ0n) is 13.3. The molecule has 1 aliphatic heterocycles. The van der Waals surface area contributed by atoms with Crippen molar-refractivity contribution in [2.24, 2.45) is 0 Å². The number of aryl methyl sites for hydroxylation is 1. The van der Waals surface area contributed by atoms with E-state index in [-0.39, 0.29) is 5.91 Å². The fraction of sp³-hybridized carbons (Fsp3) is 0.421. The monoisotopic (exact) mass is 329 g/mol. The van der Waals surface area contributed by atoms with Gasteiger partial charge in [-0.1, -0.05) is 36.4 Å². The molecule has 0 unspecified atom stereocenters. The van der Waals surface area contributed by atoms with Crippen LogP contribution in [0, 0.1) is 0 Å². The lowest BCUT2D eigenvalue weighted by Gasteiger charge is -2.34. The predicted molar refractivity (Wildman–Crippen MR) is 93.5 cm³/mol. The normalized spacial score (nSPS) is 15.5. The highest BCUT2D eigenvalue weighted by Crippen LogP contribution is 2.21. The molecule has 0 aliphatic carbocycles. The Kier molecular flexibility index (Phi) is 5.83. The summed E-state index contributed by atoms with van der Waals surface area (Å²) in [6.07, 6.45) is 3.28. The zero-order valence-corrected chi connectivity index (χ0v) is 14.1. The minimum absolute atomic E-state index is 0.258. The van der Waals surface area contributed by atoms with Crippen molar-refractivity contribution < 1.29 is 9.53 Å². The van der Waals surface area contributed by atoms with Crippen LogP contribution in [0.2, 0.25) is 0 Å². The maximum Gasteiger partial charge on any atom is 0.223 e. The number of carbonyl (C=O) groups excluding carboxylic acids is 1. The summed E-state index contributed by atoms with van der Waals surface area (Å²) in [4.78, 5) is 16.2. The van der Waals surface area contributed by atoms with Gasteiger partial charge in [0, 0.05) is 30.6 Å². The molecular weight excluding hydrogens is 306 g/mol. The fourth-order valence-electron chi connectivity index (χ4n) is 3.03. The minimum atomic E-state index is 0.258. The van der Waals surface area contributed by atoms with E-state index >= 15 is 0 Å². The molecule has 4 heteroatoms. The predicted octanol–water partition coefficient (Wildman–Crippen LogP) is 3.89. The molecule has 1 saturated heterocycles. The van der Waals surface area contributed by atoms with Crippen LogP contribution in [0.25, 0.3) is 0 Å². The Labute approximate surface area is 141 Å². The molecule has 1 aromatic carbocycles. The van der Waals surface area contributed by atoms with Crippen LogP contribution < -0.4 is 0 Å². The molecule has 0 bridgehead atoms. The molecule has 0 saturated carbocycles. The van der Waals surface area contributed by atoms with Crippen molar-refractivity contribution in [2.45, 2.75) is 38.3 Å². The number of hydrogen-bond acceptors (Lipinski definition) is 3. The van der Waals surface area contributed by atoms with E-state index in [1.165, 1.54) is 10.4 Å². The Hall–Kier alpha value is -1.65. The summed E-state index contributed by atoms with van der Waals surface area (Å²) in [5.41, 5.74) is 1.23. The average molecular weight is 329 g/mol. The Balaban J connectivity index is 1.64. The second-order valence-corrected chi connectivity index (χ2v) is 6.96. The van der Waals surface area contributed by atoms with Crippen molar-refractivity contribution in [3.05, 3.63) is 58.3 Å². The number of nitrogens with zero attached hydrogens (tertiary/aromatic N) is 1. The van der Waals surface area contributed by atoms with E-state index < -0.39 is 0 Å². The van der Waals surface area contributed by atoms with Crippen LogP contribution in [0.4, 0.5) is 0 Å². The van der Waals surface area contributed by atoms with E-state index in [0.29, 0.717) is 12.5 Å². The lowest BCUT2D eigenvalue weighted by atomic mass is 10.0. The van der Waals surface area contributed by atoms with Crippen molar-refractivity contribution in [3.63, 3.8) is 0 Å². The summed E-state index contributed by atoms with van der Waals surface area (Å²) in [7, 11) is 0. The van der Waals surface area contributed by atoms with Crippen LogP contribution in [0.5, 0.6) is 0 Å². The zero-order chi connectivity index (χ0) is 15.9. The van der Waals surface area contributed by atoms with Crippen molar-refractivity contribution in [1.82, 2.24) is 4.90 Å². The first-order valence-corrected chi connectivity index (χ1v) is 9.14. The molecule has 122 valence electrons. The van der Waals surface area contributed by atoms with Crippen LogP contribution in [-0.2, 0) is 22.5 Å². The topological polar surface area (TPSA) is 29.5 Å². The van der Waals surface area contributed by atoms with Gasteiger partial charge in [-0.05, 0) is 36.3 Å². The van der Waals surface area contributed by atoms with Gasteiger partial charge in [-0.2, -0.15) is 0 Å². The Morgan fingerprint density at radius 2 is 1.91 bits per heavy atom. The number of amides is 1. The molecule has 1 fully saturated rings. The van der Waals surface area contributed by atoms with Crippen molar-refractivity contribution in [2.75, 3.05) is 13.2 Å². The molecule has 23 heavy (non-hydrogen) atoms. The van der Waals surface area contributed by atoms with Crippen LogP contribution in [0.1, 0.15) is 29.7 Å². The Morgan fingerprint density at radius 3 is 2.61 bits per heavy atom. The van der Waals surface area contributed by atoms with Crippen molar-refractivity contribution >= 4 is 17.2 Å². The van der Waals surface area contributed by atoms with Gasteiger partial charge in [0.2, 0.25) is 5.91 Å². The van der Waals surface area contributed by atoms with Crippen LogP contribution in [0.15, 0.2) is 47.8 Å². The van der Waals surface area contributed by atoms with E-state index in [1.807, 2.05) is 18.2 Å². The number of rotatable bonds is 6. The fourth-order valence-corrected chi connectivity index (χ4v) is 3.73. The SMILES string of the molecule is O=C(CCc1ccccc1)N(Cc1cccs1)C1CCOCC1. The number of ether oxygens (including phenoxy) is 1. The molecule has 1 amide bonds. The van der Waals surface area contributed by atoms with Gasteiger partial charge in [0.25, 0.3) is 0 Å². The molecule has 3 rings (SSSR count). The number of carbonyl (C=O) groups is 1. The van der Waals surface area contributed by atoms with E-state index in [2.05, 4.69) is 34.5 Å². The maximum absolute atomic E-state index is 12.8. The summed E-state index contributed by atoms with van der Waals surface area (Å²) in [6.45, 7) is 2.26. The van der Waals surface area contributed by atoms with E-state index in [0.717, 1.165) is 39.0 Å². The molecule has 0 atom stereocenters. The number of hydrogen-bond donors (Lipinski definition) is 0. The standard InChI is InChI=1S/C19H23NO2S/c21-19(9-8-16-5-2-1-3-6-16)20(15-18-7-4-14-23-18)17-10-12-22-13-11-17/h1-7,14,17H,8-13,15H2. The first kappa shape index (κ1) is 16.2. The van der Waals surface area contributed by atoms with E-state index in [1.54, 1.807) is 11.3 Å². The molecule has 0 radical (unpaired) electrons. The van der Waals surface area contributed by atoms with Gasteiger partial charge in [-0.3, -0.25) is 4.79 Å². The number of thiophene rings is 1. The van der Waals surface area contributed by atoms with Crippen LogP contribution >= 0.6 is 11.3 Å². The highest BCUT2D eigenvalue weighted by atomic mass is 32.1. The summed E-state index contributed by atoms with van der Waals surface area (Å²) in [5.74, 6) is 0.258. The van der Waals surface area contributed by atoms with Gasteiger partial charge in [-0.15, -0.1) is 11.3 Å². The molecule has 0 spiro atoms. The smallest absolute Gasteiger partial charge is 0.223 e. The number of benzene rings is 1. The summed E-state index contributed by atoms with van der Waals surface area (Å²) < 4.78 is 5.46. The maximum atomic E-state index is 12.8. The van der Waals surface area contributed by atoms with Crippen molar-refractivity contribution in [3.8, 4) is 0 Å². The lowest BCUT2D eigenvalue weighted by molar-refractivity contribution is -0.136. The summed E-state index contributed by atoms with van der Waals surface area (Å²) in [6, 6.07) is 14.7. The Morgan fingerprint density at radius 1 is 1.13 bits per heavy atom. The largest absolute Gasteiger partial charge is 0.381 e. The second-order valence-electron chi connectivity index (χ2n) is 5.93.